The summed E-state index contributed by atoms with van der Waals surface area (Å²) in [4.78, 5) is 0. The SMILES string of the molecule is Cc1ccc(C(O)C(CN)c2ccc(F)cc2F)cc1Br. The molecule has 0 aliphatic rings. The van der Waals surface area contributed by atoms with Crippen molar-refractivity contribution in [1.29, 1.82) is 0 Å². The third-order valence-corrected chi connectivity index (χ3v) is 4.39. The summed E-state index contributed by atoms with van der Waals surface area (Å²) in [6, 6.07) is 8.71. The van der Waals surface area contributed by atoms with Gasteiger partial charge in [-0.3, -0.25) is 0 Å². The molecule has 5 heteroatoms. The summed E-state index contributed by atoms with van der Waals surface area (Å²) in [6.45, 7) is 1.98. The van der Waals surface area contributed by atoms with Crippen molar-refractivity contribution in [3.8, 4) is 0 Å². The minimum absolute atomic E-state index is 0.0508. The van der Waals surface area contributed by atoms with Gasteiger partial charge in [0.2, 0.25) is 0 Å². The molecule has 0 saturated carbocycles. The summed E-state index contributed by atoms with van der Waals surface area (Å²) in [5, 5.41) is 10.5. The Hall–Kier alpha value is -1.30. The minimum Gasteiger partial charge on any atom is -0.388 e. The van der Waals surface area contributed by atoms with Crippen molar-refractivity contribution < 1.29 is 13.9 Å². The van der Waals surface area contributed by atoms with Crippen LogP contribution in [0.3, 0.4) is 0 Å². The zero-order chi connectivity index (χ0) is 15.6. The molecule has 0 radical (unpaired) electrons. The quantitative estimate of drug-likeness (QED) is 0.875. The highest BCUT2D eigenvalue weighted by Crippen LogP contribution is 2.33. The predicted molar refractivity (Wildman–Crippen MR) is 82.0 cm³/mol. The fourth-order valence-electron chi connectivity index (χ4n) is 2.25. The highest BCUT2D eigenvalue weighted by Gasteiger charge is 2.24. The first-order valence-corrected chi connectivity index (χ1v) is 7.32. The van der Waals surface area contributed by atoms with Crippen molar-refractivity contribution in [2.45, 2.75) is 18.9 Å². The molecule has 0 bridgehead atoms. The Labute approximate surface area is 130 Å². The van der Waals surface area contributed by atoms with Crippen molar-refractivity contribution in [2.75, 3.05) is 6.54 Å². The van der Waals surface area contributed by atoms with Gasteiger partial charge in [-0.25, -0.2) is 8.78 Å². The summed E-state index contributed by atoms with van der Waals surface area (Å²) in [6.07, 6.45) is -0.966. The smallest absolute Gasteiger partial charge is 0.129 e. The molecule has 2 unspecified atom stereocenters. The van der Waals surface area contributed by atoms with Crippen LogP contribution in [0, 0.1) is 18.6 Å². The molecular formula is C16H16BrF2NO. The summed E-state index contributed by atoms with van der Waals surface area (Å²) >= 11 is 3.40. The molecule has 2 nitrogen and oxygen atoms in total. The second-order valence-electron chi connectivity index (χ2n) is 4.96. The van der Waals surface area contributed by atoms with Crippen LogP contribution < -0.4 is 5.73 Å². The lowest BCUT2D eigenvalue weighted by Crippen LogP contribution is -2.21. The molecule has 3 N–H and O–H groups in total. The molecule has 112 valence electrons. The molecule has 0 heterocycles. The zero-order valence-electron chi connectivity index (χ0n) is 11.5. The van der Waals surface area contributed by atoms with Crippen molar-refractivity contribution in [1.82, 2.24) is 0 Å². The number of hydrogen-bond donors (Lipinski definition) is 2. The van der Waals surface area contributed by atoms with Crippen LogP contribution in [0.15, 0.2) is 40.9 Å². The lowest BCUT2D eigenvalue weighted by Gasteiger charge is -2.23. The third-order valence-electron chi connectivity index (χ3n) is 3.53. The molecule has 2 aromatic carbocycles. The molecule has 0 aromatic heterocycles. The number of hydrogen-bond acceptors (Lipinski definition) is 2. The summed E-state index contributed by atoms with van der Waals surface area (Å²) in [5.74, 6) is -1.99. The van der Waals surface area contributed by atoms with E-state index in [1.165, 1.54) is 12.1 Å². The summed E-state index contributed by atoms with van der Waals surface area (Å²) in [5.41, 5.74) is 7.56. The van der Waals surface area contributed by atoms with Crippen molar-refractivity contribution in [3.05, 3.63) is 69.2 Å². The van der Waals surface area contributed by atoms with E-state index in [2.05, 4.69) is 15.9 Å². The summed E-state index contributed by atoms with van der Waals surface area (Å²) in [7, 11) is 0. The molecule has 21 heavy (non-hydrogen) atoms. The van der Waals surface area contributed by atoms with Gasteiger partial charge in [-0.15, -0.1) is 0 Å². The first-order valence-electron chi connectivity index (χ1n) is 6.53. The number of aliphatic hydroxyl groups is 1. The van der Waals surface area contributed by atoms with E-state index < -0.39 is 23.7 Å². The van der Waals surface area contributed by atoms with Crippen LogP contribution >= 0.6 is 15.9 Å². The zero-order valence-corrected chi connectivity index (χ0v) is 13.1. The molecular weight excluding hydrogens is 340 g/mol. The van der Waals surface area contributed by atoms with Gasteiger partial charge in [-0.1, -0.05) is 34.1 Å². The van der Waals surface area contributed by atoms with E-state index in [1.54, 1.807) is 12.1 Å². The number of halogens is 3. The van der Waals surface area contributed by atoms with Crippen molar-refractivity contribution in [2.24, 2.45) is 5.73 Å². The van der Waals surface area contributed by atoms with E-state index in [1.807, 2.05) is 13.0 Å². The van der Waals surface area contributed by atoms with Crippen LogP contribution in [0.25, 0.3) is 0 Å². The first-order chi connectivity index (χ1) is 9.93. The van der Waals surface area contributed by atoms with E-state index in [9.17, 15) is 13.9 Å². The van der Waals surface area contributed by atoms with Crippen molar-refractivity contribution in [3.63, 3.8) is 0 Å². The number of benzene rings is 2. The first kappa shape index (κ1) is 16.1. The second-order valence-corrected chi connectivity index (χ2v) is 5.82. The summed E-state index contributed by atoms with van der Waals surface area (Å²) < 4.78 is 27.7. The Kier molecular flexibility index (Phi) is 5.08. The second kappa shape index (κ2) is 6.64. The number of aryl methyl sites for hydroxylation is 1. The Morgan fingerprint density at radius 1 is 1.19 bits per heavy atom. The van der Waals surface area contributed by atoms with Crippen LogP contribution in [0.4, 0.5) is 8.78 Å². The van der Waals surface area contributed by atoms with E-state index >= 15 is 0 Å². The average molecular weight is 356 g/mol. The lowest BCUT2D eigenvalue weighted by atomic mass is 9.88. The maximum absolute atomic E-state index is 13.9. The van der Waals surface area contributed by atoms with Crippen LogP contribution in [0.5, 0.6) is 0 Å². The van der Waals surface area contributed by atoms with Gasteiger partial charge < -0.3 is 10.8 Å². The molecule has 2 rings (SSSR count). The average Bonchev–Trinajstić information content (AvgIpc) is 2.44. The Balaban J connectivity index is 2.37. The van der Waals surface area contributed by atoms with Gasteiger partial charge in [-0.05, 0) is 35.7 Å². The Morgan fingerprint density at radius 3 is 2.48 bits per heavy atom. The Morgan fingerprint density at radius 2 is 1.90 bits per heavy atom. The molecule has 2 aromatic rings. The minimum atomic E-state index is -0.966. The van der Waals surface area contributed by atoms with E-state index in [4.69, 9.17) is 5.73 Å². The maximum atomic E-state index is 13.9. The number of aliphatic hydroxyl groups excluding tert-OH is 1. The number of nitrogens with two attached hydrogens (primary N) is 1. The molecule has 0 aliphatic carbocycles. The van der Waals surface area contributed by atoms with Gasteiger partial charge in [0.25, 0.3) is 0 Å². The van der Waals surface area contributed by atoms with Crippen LogP contribution in [-0.4, -0.2) is 11.7 Å². The molecule has 0 fully saturated rings. The van der Waals surface area contributed by atoms with Gasteiger partial charge >= 0.3 is 0 Å². The molecule has 0 saturated heterocycles. The molecule has 0 aliphatic heterocycles. The number of rotatable bonds is 4. The Bertz CT molecular complexity index is 648. The van der Waals surface area contributed by atoms with Gasteiger partial charge in [0, 0.05) is 23.0 Å². The lowest BCUT2D eigenvalue weighted by molar-refractivity contribution is 0.145. The fourth-order valence-corrected chi connectivity index (χ4v) is 2.65. The van der Waals surface area contributed by atoms with Crippen molar-refractivity contribution >= 4 is 15.9 Å². The van der Waals surface area contributed by atoms with Crippen LogP contribution in [-0.2, 0) is 0 Å². The van der Waals surface area contributed by atoms with Gasteiger partial charge in [0.05, 0.1) is 6.10 Å². The normalized spacial score (nSPS) is 14.0. The van der Waals surface area contributed by atoms with E-state index in [0.717, 1.165) is 16.1 Å². The standard InChI is InChI=1S/C16H16BrF2NO/c1-9-2-3-10(6-14(9)17)16(21)13(8-20)12-5-4-11(18)7-15(12)19/h2-7,13,16,21H,8,20H2,1H3. The molecule has 0 spiro atoms. The van der Waals surface area contributed by atoms with E-state index in [0.29, 0.717) is 5.56 Å². The van der Waals surface area contributed by atoms with Gasteiger partial charge in [-0.2, -0.15) is 0 Å². The topological polar surface area (TPSA) is 46.2 Å². The molecule has 2 atom stereocenters. The molecule has 0 amide bonds. The predicted octanol–water partition coefficient (Wildman–Crippen LogP) is 3.81. The highest BCUT2D eigenvalue weighted by molar-refractivity contribution is 9.10. The largest absolute Gasteiger partial charge is 0.388 e. The van der Waals surface area contributed by atoms with Gasteiger partial charge in [0.15, 0.2) is 0 Å². The van der Waals surface area contributed by atoms with E-state index in [-0.39, 0.29) is 12.1 Å². The fraction of sp³-hybridized carbons (Fsp3) is 0.250. The maximum Gasteiger partial charge on any atom is 0.129 e. The monoisotopic (exact) mass is 355 g/mol. The highest BCUT2D eigenvalue weighted by atomic mass is 79.9. The van der Waals surface area contributed by atoms with Crippen LogP contribution in [0.1, 0.15) is 28.7 Å². The van der Waals surface area contributed by atoms with Gasteiger partial charge in [0.1, 0.15) is 11.6 Å². The van der Waals surface area contributed by atoms with Crippen LogP contribution in [0.2, 0.25) is 0 Å². The third kappa shape index (κ3) is 3.48.